The second-order valence-electron chi connectivity index (χ2n) is 5.06. The van der Waals surface area contributed by atoms with Gasteiger partial charge < -0.3 is 0 Å². The van der Waals surface area contributed by atoms with Gasteiger partial charge in [0.2, 0.25) is 0 Å². The highest BCUT2D eigenvalue weighted by Gasteiger charge is 2.12. The minimum atomic E-state index is 0.901. The molecule has 0 fully saturated rings. The first-order valence-corrected chi connectivity index (χ1v) is 7.43. The van der Waals surface area contributed by atoms with Crippen molar-refractivity contribution in [2.45, 2.75) is 6.92 Å². The van der Waals surface area contributed by atoms with Gasteiger partial charge >= 0.3 is 0 Å². The first kappa shape index (κ1) is 13.7. The van der Waals surface area contributed by atoms with Crippen molar-refractivity contribution < 1.29 is 0 Å². The second-order valence-corrected chi connectivity index (χ2v) is 5.47. The summed E-state index contributed by atoms with van der Waals surface area (Å²) in [6.45, 7) is 2.14. The quantitative estimate of drug-likeness (QED) is 0.457. The predicted molar refractivity (Wildman–Crippen MR) is 93.9 cm³/mol. The van der Waals surface area contributed by atoms with Crippen LogP contribution in [0.15, 0.2) is 78.9 Å². The fourth-order valence-electron chi connectivity index (χ4n) is 2.59. The van der Waals surface area contributed by atoms with Crippen molar-refractivity contribution in [2.24, 2.45) is 0 Å². The Labute approximate surface area is 131 Å². The molecule has 0 saturated carbocycles. The SMILES string of the molecule is Cc1cccc(C(=S)c2ccccc2)c1-c1ccccc1. The highest BCUT2D eigenvalue weighted by molar-refractivity contribution is 7.81. The fraction of sp³-hybridized carbons (Fsp3) is 0.0500. The minimum Gasteiger partial charge on any atom is -0.0788 e. The van der Waals surface area contributed by atoms with Crippen molar-refractivity contribution in [3.63, 3.8) is 0 Å². The van der Waals surface area contributed by atoms with Crippen molar-refractivity contribution in [3.8, 4) is 11.1 Å². The van der Waals surface area contributed by atoms with Gasteiger partial charge in [0.1, 0.15) is 0 Å². The molecule has 3 rings (SSSR count). The first-order valence-electron chi connectivity index (χ1n) is 7.02. The Morgan fingerprint density at radius 3 is 2.00 bits per heavy atom. The molecule has 0 bridgehead atoms. The largest absolute Gasteiger partial charge is 0.0788 e. The lowest BCUT2D eigenvalue weighted by Crippen LogP contribution is -2.03. The molecular formula is C20H16S. The monoisotopic (exact) mass is 288 g/mol. The van der Waals surface area contributed by atoms with E-state index in [0.29, 0.717) is 0 Å². The van der Waals surface area contributed by atoms with Gasteiger partial charge in [0.25, 0.3) is 0 Å². The maximum absolute atomic E-state index is 5.73. The van der Waals surface area contributed by atoms with Crippen LogP contribution >= 0.6 is 12.2 Å². The first-order chi connectivity index (χ1) is 10.3. The fourth-order valence-corrected chi connectivity index (χ4v) is 2.90. The van der Waals surface area contributed by atoms with Crippen molar-refractivity contribution in [3.05, 3.63) is 95.6 Å². The third kappa shape index (κ3) is 2.79. The molecule has 0 aliphatic rings. The van der Waals surface area contributed by atoms with Crippen LogP contribution < -0.4 is 0 Å². The normalized spacial score (nSPS) is 10.3. The van der Waals surface area contributed by atoms with E-state index in [0.717, 1.165) is 16.0 Å². The van der Waals surface area contributed by atoms with Crippen LogP contribution in [-0.2, 0) is 0 Å². The van der Waals surface area contributed by atoms with Gasteiger partial charge in [-0.25, -0.2) is 0 Å². The Kier molecular flexibility index (Phi) is 3.94. The Morgan fingerprint density at radius 2 is 1.33 bits per heavy atom. The third-order valence-corrected chi connectivity index (χ3v) is 4.07. The molecule has 0 saturated heterocycles. The molecule has 3 aromatic carbocycles. The topological polar surface area (TPSA) is 0 Å². The molecule has 0 nitrogen and oxygen atoms in total. The lowest BCUT2D eigenvalue weighted by Gasteiger charge is -2.14. The van der Waals surface area contributed by atoms with Crippen molar-refractivity contribution in [1.82, 2.24) is 0 Å². The second kappa shape index (κ2) is 6.02. The summed E-state index contributed by atoms with van der Waals surface area (Å²) >= 11 is 5.73. The predicted octanol–water partition coefficient (Wildman–Crippen LogP) is 5.43. The van der Waals surface area contributed by atoms with Crippen LogP contribution in [0.1, 0.15) is 16.7 Å². The van der Waals surface area contributed by atoms with Gasteiger partial charge in [-0.2, -0.15) is 0 Å². The molecule has 3 aromatic rings. The summed E-state index contributed by atoms with van der Waals surface area (Å²) < 4.78 is 0. The van der Waals surface area contributed by atoms with E-state index >= 15 is 0 Å². The van der Waals surface area contributed by atoms with E-state index in [-0.39, 0.29) is 0 Å². The summed E-state index contributed by atoms with van der Waals surface area (Å²) in [7, 11) is 0. The summed E-state index contributed by atoms with van der Waals surface area (Å²) in [4.78, 5) is 0.901. The number of benzene rings is 3. The van der Waals surface area contributed by atoms with E-state index in [1.54, 1.807) is 0 Å². The van der Waals surface area contributed by atoms with E-state index < -0.39 is 0 Å². The summed E-state index contributed by atoms with van der Waals surface area (Å²) in [6, 6.07) is 27.0. The third-order valence-electron chi connectivity index (χ3n) is 3.62. The molecule has 0 N–H and O–H groups in total. The molecule has 0 spiro atoms. The van der Waals surface area contributed by atoms with Crippen LogP contribution in [0.2, 0.25) is 0 Å². The summed E-state index contributed by atoms with van der Waals surface area (Å²) in [6.07, 6.45) is 0. The minimum absolute atomic E-state index is 0.901. The Morgan fingerprint density at radius 1 is 0.714 bits per heavy atom. The molecule has 0 atom stereocenters. The molecule has 21 heavy (non-hydrogen) atoms. The van der Waals surface area contributed by atoms with Gasteiger partial charge in [0.05, 0.1) is 4.86 Å². The number of hydrogen-bond acceptors (Lipinski definition) is 1. The van der Waals surface area contributed by atoms with Gasteiger partial charge in [0, 0.05) is 5.56 Å². The molecule has 102 valence electrons. The van der Waals surface area contributed by atoms with Crippen molar-refractivity contribution >= 4 is 17.1 Å². The molecule has 0 amide bonds. The van der Waals surface area contributed by atoms with Gasteiger partial charge in [0.15, 0.2) is 0 Å². The van der Waals surface area contributed by atoms with Crippen LogP contribution in [0.5, 0.6) is 0 Å². The zero-order valence-electron chi connectivity index (χ0n) is 11.9. The van der Waals surface area contributed by atoms with Gasteiger partial charge in [-0.15, -0.1) is 0 Å². The summed E-state index contributed by atoms with van der Waals surface area (Å²) in [5, 5.41) is 0. The van der Waals surface area contributed by atoms with E-state index in [1.807, 2.05) is 24.3 Å². The van der Waals surface area contributed by atoms with Gasteiger partial charge in [-0.05, 0) is 29.2 Å². The lowest BCUT2D eigenvalue weighted by molar-refractivity contribution is 1.44. The zero-order chi connectivity index (χ0) is 14.7. The Balaban J connectivity index is 2.16. The number of hydrogen-bond donors (Lipinski definition) is 0. The van der Waals surface area contributed by atoms with E-state index in [9.17, 15) is 0 Å². The van der Waals surface area contributed by atoms with E-state index in [1.165, 1.54) is 16.7 Å². The maximum Gasteiger partial charge on any atom is 0.0528 e. The maximum atomic E-state index is 5.73. The number of aryl methyl sites for hydroxylation is 1. The molecule has 0 unspecified atom stereocenters. The highest BCUT2D eigenvalue weighted by atomic mass is 32.1. The lowest BCUT2D eigenvalue weighted by atomic mass is 9.91. The molecule has 0 aromatic heterocycles. The molecule has 1 heteroatoms. The van der Waals surface area contributed by atoms with Crippen molar-refractivity contribution in [2.75, 3.05) is 0 Å². The zero-order valence-corrected chi connectivity index (χ0v) is 12.7. The summed E-state index contributed by atoms with van der Waals surface area (Å²) in [5.41, 5.74) is 5.91. The van der Waals surface area contributed by atoms with Crippen LogP contribution in [0.25, 0.3) is 11.1 Å². The Hall–Kier alpha value is -2.25. The number of thiocarbonyl (C=S) groups is 1. The smallest absolute Gasteiger partial charge is 0.0528 e. The van der Waals surface area contributed by atoms with Crippen molar-refractivity contribution in [1.29, 1.82) is 0 Å². The van der Waals surface area contributed by atoms with Crippen LogP contribution in [0, 0.1) is 6.92 Å². The molecule has 0 heterocycles. The average molecular weight is 288 g/mol. The van der Waals surface area contributed by atoms with E-state index in [2.05, 4.69) is 61.5 Å². The van der Waals surface area contributed by atoms with Gasteiger partial charge in [-0.1, -0.05) is 91.1 Å². The number of rotatable bonds is 3. The average Bonchev–Trinajstić information content (AvgIpc) is 2.55. The molecular weight excluding hydrogens is 272 g/mol. The van der Waals surface area contributed by atoms with Crippen LogP contribution in [-0.4, -0.2) is 4.86 Å². The molecule has 0 radical (unpaired) electrons. The standard InChI is InChI=1S/C20H16S/c1-15-9-8-14-18(19(15)16-10-4-2-5-11-16)20(21)17-12-6-3-7-13-17/h2-14H,1H3. The highest BCUT2D eigenvalue weighted by Crippen LogP contribution is 2.29. The van der Waals surface area contributed by atoms with Crippen LogP contribution in [0.3, 0.4) is 0 Å². The van der Waals surface area contributed by atoms with Crippen LogP contribution in [0.4, 0.5) is 0 Å². The molecule has 0 aliphatic carbocycles. The Bertz CT molecular complexity index is 758. The van der Waals surface area contributed by atoms with E-state index in [4.69, 9.17) is 12.2 Å². The summed E-state index contributed by atoms with van der Waals surface area (Å²) in [5.74, 6) is 0. The van der Waals surface area contributed by atoms with Gasteiger partial charge in [-0.3, -0.25) is 0 Å². The molecule has 0 aliphatic heterocycles.